The highest BCUT2D eigenvalue weighted by atomic mass is 16.2. The van der Waals surface area contributed by atoms with E-state index < -0.39 is 0 Å². The van der Waals surface area contributed by atoms with Crippen molar-refractivity contribution in [2.24, 2.45) is 5.73 Å². The highest BCUT2D eigenvalue weighted by Gasteiger charge is 2.20. The van der Waals surface area contributed by atoms with E-state index in [0.717, 1.165) is 30.3 Å². The highest BCUT2D eigenvalue weighted by molar-refractivity contribution is 5.94. The van der Waals surface area contributed by atoms with Crippen LogP contribution in [-0.2, 0) is 0 Å². The largest absolute Gasteiger partial charge is 0.339 e. The second-order valence-corrected chi connectivity index (χ2v) is 7.38. The maximum absolute atomic E-state index is 13.0. The Morgan fingerprint density at radius 2 is 1.86 bits per heavy atom. The minimum atomic E-state index is -0.188. The van der Waals surface area contributed by atoms with Gasteiger partial charge < -0.3 is 10.6 Å². The molecular formula is C22H24N4O2. The van der Waals surface area contributed by atoms with Crippen molar-refractivity contribution in [1.29, 1.82) is 0 Å². The van der Waals surface area contributed by atoms with Crippen LogP contribution < -0.4 is 11.3 Å². The number of carbonyl (C=O) groups excluding carboxylic acids is 1. The summed E-state index contributed by atoms with van der Waals surface area (Å²) in [7, 11) is 0. The zero-order chi connectivity index (χ0) is 19.7. The maximum atomic E-state index is 13.0. The third kappa shape index (κ3) is 3.43. The van der Waals surface area contributed by atoms with Gasteiger partial charge in [0.1, 0.15) is 0 Å². The summed E-state index contributed by atoms with van der Waals surface area (Å²) in [4.78, 5) is 27.8. The fourth-order valence-electron chi connectivity index (χ4n) is 3.80. The van der Waals surface area contributed by atoms with E-state index in [1.165, 1.54) is 4.68 Å². The smallest absolute Gasteiger partial charge is 0.279 e. The second kappa shape index (κ2) is 7.56. The number of fused-ring (bicyclic) bond motifs is 1. The van der Waals surface area contributed by atoms with Crippen LogP contribution in [0.2, 0.25) is 0 Å². The molecule has 6 heteroatoms. The Morgan fingerprint density at radius 1 is 1.07 bits per heavy atom. The molecule has 2 heterocycles. The molecule has 2 N–H and O–H groups in total. The summed E-state index contributed by atoms with van der Waals surface area (Å²) >= 11 is 0. The van der Waals surface area contributed by atoms with E-state index in [9.17, 15) is 9.59 Å². The van der Waals surface area contributed by atoms with Crippen LogP contribution in [0.15, 0.2) is 53.3 Å². The van der Waals surface area contributed by atoms with Crippen LogP contribution in [0.3, 0.4) is 0 Å². The Balaban J connectivity index is 1.71. The molecule has 144 valence electrons. The zero-order valence-corrected chi connectivity index (χ0v) is 16.0. The Labute approximate surface area is 163 Å². The van der Waals surface area contributed by atoms with Gasteiger partial charge in [0.25, 0.3) is 11.5 Å². The van der Waals surface area contributed by atoms with Gasteiger partial charge in [-0.25, -0.2) is 0 Å². The number of nitrogens with zero attached hydrogens (tertiary/aromatic N) is 3. The molecule has 3 aromatic rings. The maximum Gasteiger partial charge on any atom is 0.279 e. The predicted molar refractivity (Wildman–Crippen MR) is 110 cm³/mol. The standard InChI is InChI=1S/C22H24N4O2/c1-15-19-9-2-3-10-20(19)22(28)26(24-15)18-8-4-6-16(14-18)21(27)25-12-5-7-17(23)11-13-25/h2-4,6,8-10,14,17H,5,7,11-13,23H2,1H3/t17-/m1/s1. The van der Waals surface area contributed by atoms with Gasteiger partial charge in [0.05, 0.1) is 16.8 Å². The monoisotopic (exact) mass is 376 g/mol. The first-order valence-electron chi connectivity index (χ1n) is 9.68. The van der Waals surface area contributed by atoms with E-state index in [1.54, 1.807) is 30.3 Å². The van der Waals surface area contributed by atoms with E-state index in [-0.39, 0.29) is 17.5 Å². The third-order valence-electron chi connectivity index (χ3n) is 5.39. The Hall–Kier alpha value is -2.99. The molecule has 0 unspecified atom stereocenters. The topological polar surface area (TPSA) is 81.2 Å². The van der Waals surface area contributed by atoms with Gasteiger partial charge >= 0.3 is 0 Å². The summed E-state index contributed by atoms with van der Waals surface area (Å²) in [5.74, 6) is -0.0264. The van der Waals surface area contributed by atoms with Crippen molar-refractivity contribution in [3.05, 3.63) is 70.1 Å². The lowest BCUT2D eigenvalue weighted by molar-refractivity contribution is 0.0761. The molecule has 2 aromatic carbocycles. The zero-order valence-electron chi connectivity index (χ0n) is 16.0. The minimum absolute atomic E-state index is 0.0264. The first-order valence-corrected chi connectivity index (χ1v) is 9.68. The molecule has 6 nitrogen and oxygen atoms in total. The first kappa shape index (κ1) is 18.4. The lowest BCUT2D eigenvalue weighted by atomic mass is 10.1. The van der Waals surface area contributed by atoms with Crippen LogP contribution in [0.5, 0.6) is 0 Å². The fourth-order valence-corrected chi connectivity index (χ4v) is 3.80. The van der Waals surface area contributed by atoms with Gasteiger partial charge in [-0.3, -0.25) is 9.59 Å². The van der Waals surface area contributed by atoms with Crippen LogP contribution in [0.1, 0.15) is 35.3 Å². The van der Waals surface area contributed by atoms with Crippen molar-refractivity contribution in [3.8, 4) is 5.69 Å². The van der Waals surface area contributed by atoms with Crippen LogP contribution >= 0.6 is 0 Å². The molecule has 1 aliphatic heterocycles. The summed E-state index contributed by atoms with van der Waals surface area (Å²) in [5, 5.41) is 5.93. The molecule has 0 saturated carbocycles. The lowest BCUT2D eigenvalue weighted by Crippen LogP contribution is -2.33. The molecule has 1 aliphatic rings. The summed E-state index contributed by atoms with van der Waals surface area (Å²) in [6, 6.07) is 14.7. The van der Waals surface area contributed by atoms with Crippen molar-refractivity contribution in [1.82, 2.24) is 14.7 Å². The lowest BCUT2D eigenvalue weighted by Gasteiger charge is -2.21. The number of hydrogen-bond acceptors (Lipinski definition) is 4. The van der Waals surface area contributed by atoms with Gasteiger partial charge in [-0.2, -0.15) is 9.78 Å². The van der Waals surface area contributed by atoms with Gasteiger partial charge in [0.2, 0.25) is 0 Å². The SMILES string of the molecule is Cc1nn(-c2cccc(C(=O)N3CCC[C@@H](N)CC3)c2)c(=O)c2ccccc12. The number of likely N-dealkylation sites (tertiary alicyclic amines) is 1. The number of nitrogens with two attached hydrogens (primary N) is 1. The van der Waals surface area contributed by atoms with Crippen LogP contribution in [-0.4, -0.2) is 39.7 Å². The normalized spacial score (nSPS) is 17.5. The van der Waals surface area contributed by atoms with Crippen LogP contribution in [0, 0.1) is 6.92 Å². The number of aryl methyl sites for hydroxylation is 1. The van der Waals surface area contributed by atoms with E-state index >= 15 is 0 Å². The van der Waals surface area contributed by atoms with E-state index in [0.29, 0.717) is 29.7 Å². The highest BCUT2D eigenvalue weighted by Crippen LogP contribution is 2.17. The molecule has 0 radical (unpaired) electrons. The molecule has 1 atom stereocenters. The summed E-state index contributed by atoms with van der Waals surface area (Å²) in [5.41, 5.74) is 7.77. The van der Waals surface area contributed by atoms with Crippen LogP contribution in [0.4, 0.5) is 0 Å². The molecule has 0 spiro atoms. The summed E-state index contributed by atoms with van der Waals surface area (Å²) < 4.78 is 1.38. The third-order valence-corrected chi connectivity index (χ3v) is 5.39. The van der Waals surface area contributed by atoms with E-state index in [1.807, 2.05) is 30.0 Å². The van der Waals surface area contributed by atoms with Crippen molar-refractivity contribution < 1.29 is 4.79 Å². The minimum Gasteiger partial charge on any atom is -0.339 e. The molecular weight excluding hydrogens is 352 g/mol. The molecule has 1 fully saturated rings. The Bertz CT molecular complexity index is 1090. The van der Waals surface area contributed by atoms with Crippen molar-refractivity contribution in [2.45, 2.75) is 32.2 Å². The van der Waals surface area contributed by atoms with Gasteiger partial charge in [-0.15, -0.1) is 0 Å². The van der Waals surface area contributed by atoms with Crippen molar-refractivity contribution >= 4 is 16.7 Å². The second-order valence-electron chi connectivity index (χ2n) is 7.38. The Kier molecular flexibility index (Phi) is 4.96. The molecule has 0 aliphatic carbocycles. The summed E-state index contributed by atoms with van der Waals surface area (Å²) in [6.45, 7) is 3.26. The number of benzene rings is 2. The quantitative estimate of drug-likeness (QED) is 0.745. The van der Waals surface area contributed by atoms with Gasteiger partial charge in [0.15, 0.2) is 0 Å². The predicted octanol–water partition coefficient (Wildman–Crippen LogP) is 2.65. The molecule has 0 bridgehead atoms. The average Bonchev–Trinajstić information content (AvgIpc) is 2.95. The average molecular weight is 376 g/mol. The van der Waals surface area contributed by atoms with Gasteiger partial charge in [-0.05, 0) is 50.5 Å². The molecule has 1 amide bonds. The van der Waals surface area contributed by atoms with E-state index in [4.69, 9.17) is 5.73 Å². The van der Waals surface area contributed by atoms with E-state index in [2.05, 4.69) is 5.10 Å². The number of hydrogen-bond donors (Lipinski definition) is 1. The molecule has 1 aromatic heterocycles. The summed E-state index contributed by atoms with van der Waals surface area (Å²) in [6.07, 6.45) is 2.67. The number of rotatable bonds is 2. The molecule has 4 rings (SSSR count). The van der Waals surface area contributed by atoms with Gasteiger partial charge in [-0.1, -0.05) is 24.3 Å². The van der Waals surface area contributed by atoms with Crippen LogP contribution in [0.25, 0.3) is 16.5 Å². The number of carbonyl (C=O) groups is 1. The Morgan fingerprint density at radius 3 is 2.68 bits per heavy atom. The number of amides is 1. The fraction of sp³-hybridized carbons (Fsp3) is 0.318. The molecule has 28 heavy (non-hydrogen) atoms. The molecule has 1 saturated heterocycles. The van der Waals surface area contributed by atoms with Gasteiger partial charge in [0, 0.05) is 30.1 Å². The number of aromatic nitrogens is 2. The first-order chi connectivity index (χ1) is 13.5. The van der Waals surface area contributed by atoms with Crippen molar-refractivity contribution in [2.75, 3.05) is 13.1 Å². The van der Waals surface area contributed by atoms with Crippen molar-refractivity contribution in [3.63, 3.8) is 0 Å².